The monoisotopic (exact) mass is 561 g/mol. The van der Waals surface area contributed by atoms with Crippen molar-refractivity contribution in [3.8, 4) is 5.75 Å². The van der Waals surface area contributed by atoms with E-state index in [4.69, 9.17) is 0 Å². The van der Waals surface area contributed by atoms with Crippen molar-refractivity contribution in [3.63, 3.8) is 0 Å². The molecular formula is C31H33F2N5O3. The second-order valence-electron chi connectivity index (χ2n) is 10.4. The van der Waals surface area contributed by atoms with Gasteiger partial charge in [0.1, 0.15) is 23.5 Å². The van der Waals surface area contributed by atoms with Crippen molar-refractivity contribution in [2.75, 3.05) is 26.2 Å². The predicted molar refractivity (Wildman–Crippen MR) is 150 cm³/mol. The number of hydrogen-bond donors (Lipinski definition) is 2. The van der Waals surface area contributed by atoms with Crippen molar-refractivity contribution in [1.82, 2.24) is 25.1 Å². The van der Waals surface area contributed by atoms with Gasteiger partial charge < -0.3 is 15.3 Å². The molecule has 2 saturated heterocycles. The highest BCUT2D eigenvalue weighted by Gasteiger charge is 2.48. The number of carbonyl (C=O) groups is 2. The number of fused-ring (bicyclic) bond motifs is 1. The van der Waals surface area contributed by atoms with Crippen molar-refractivity contribution in [3.05, 3.63) is 114 Å². The molecule has 3 aromatic rings. The lowest BCUT2D eigenvalue weighted by molar-refractivity contribution is -0.182. The summed E-state index contributed by atoms with van der Waals surface area (Å²) in [4.78, 5) is 31.1. The number of amides is 3. The van der Waals surface area contributed by atoms with Crippen LogP contribution in [0.25, 0.3) is 0 Å². The van der Waals surface area contributed by atoms with Crippen molar-refractivity contribution in [1.29, 1.82) is 0 Å². The average Bonchev–Trinajstić information content (AvgIpc) is 2.95. The van der Waals surface area contributed by atoms with Crippen molar-refractivity contribution in [2.45, 2.75) is 31.7 Å². The van der Waals surface area contributed by atoms with Crippen LogP contribution in [0.3, 0.4) is 0 Å². The molecule has 0 spiro atoms. The highest BCUT2D eigenvalue weighted by Crippen LogP contribution is 2.29. The summed E-state index contributed by atoms with van der Waals surface area (Å²) in [7, 11) is 0. The summed E-state index contributed by atoms with van der Waals surface area (Å²) in [5.74, 6) is -1.28. The molecule has 5 rings (SSSR count). The molecule has 41 heavy (non-hydrogen) atoms. The molecule has 8 nitrogen and oxygen atoms in total. The first kappa shape index (κ1) is 28.3. The molecule has 3 amide bonds. The maximum Gasteiger partial charge on any atom is 0.334 e. The summed E-state index contributed by atoms with van der Waals surface area (Å²) in [5.41, 5.74) is 2.17. The second-order valence-corrected chi connectivity index (χ2v) is 10.4. The van der Waals surface area contributed by atoms with Crippen LogP contribution in [-0.4, -0.2) is 75.2 Å². The van der Waals surface area contributed by atoms with Gasteiger partial charge in [-0.15, -0.1) is 6.58 Å². The summed E-state index contributed by atoms with van der Waals surface area (Å²) in [6, 6.07) is 19.1. The normalized spacial score (nSPS) is 19.6. The molecule has 2 aliphatic rings. The number of piperazine rings is 1. The molecule has 2 atom stereocenters. The third-order valence-electron chi connectivity index (χ3n) is 7.45. The first-order valence-corrected chi connectivity index (χ1v) is 13.5. The molecule has 0 bridgehead atoms. The van der Waals surface area contributed by atoms with E-state index >= 15 is 0 Å². The van der Waals surface area contributed by atoms with Gasteiger partial charge in [0.25, 0.3) is 0 Å². The molecule has 0 aliphatic carbocycles. The Morgan fingerprint density at radius 1 is 1.02 bits per heavy atom. The molecule has 214 valence electrons. The van der Waals surface area contributed by atoms with Gasteiger partial charge in [-0.1, -0.05) is 54.6 Å². The minimum atomic E-state index is -0.675. The number of hydrogen-bond acceptors (Lipinski definition) is 5. The zero-order valence-corrected chi connectivity index (χ0v) is 22.6. The zero-order valence-electron chi connectivity index (χ0n) is 22.6. The van der Waals surface area contributed by atoms with Gasteiger partial charge in [-0.3, -0.25) is 9.69 Å². The van der Waals surface area contributed by atoms with Crippen LogP contribution in [-0.2, 0) is 24.3 Å². The third kappa shape index (κ3) is 6.55. The van der Waals surface area contributed by atoms with E-state index in [1.807, 2.05) is 35.2 Å². The van der Waals surface area contributed by atoms with Gasteiger partial charge in [0, 0.05) is 44.4 Å². The fourth-order valence-electron chi connectivity index (χ4n) is 5.60. The maximum absolute atomic E-state index is 14.7. The SMILES string of the molecule is C=CCN1CC(=O)N2[C@@H](Cc3ccc(O)cc3)CN(Cc3ccc(F)cc3F)C[C@@H]2N1C(=O)NCc1ccccc1. The van der Waals surface area contributed by atoms with E-state index in [9.17, 15) is 23.5 Å². The van der Waals surface area contributed by atoms with Gasteiger partial charge in [-0.25, -0.2) is 23.6 Å². The number of halogens is 2. The van der Waals surface area contributed by atoms with Crippen LogP contribution in [0, 0.1) is 11.6 Å². The van der Waals surface area contributed by atoms with Gasteiger partial charge in [0.05, 0.1) is 12.6 Å². The second kappa shape index (κ2) is 12.5. The number of nitrogens with one attached hydrogen (secondary N) is 1. The molecule has 2 aliphatic heterocycles. The summed E-state index contributed by atoms with van der Waals surface area (Å²) in [5, 5.41) is 16.0. The fraction of sp³-hybridized carbons (Fsp3) is 0.290. The number of nitrogens with zero attached hydrogens (tertiary/aromatic N) is 4. The number of aromatic hydroxyl groups is 1. The average molecular weight is 562 g/mol. The van der Waals surface area contributed by atoms with Crippen LogP contribution in [0.15, 0.2) is 85.5 Å². The lowest BCUT2D eigenvalue weighted by Gasteiger charge is -2.55. The molecule has 3 aromatic carbocycles. The van der Waals surface area contributed by atoms with Crippen molar-refractivity contribution in [2.24, 2.45) is 0 Å². The van der Waals surface area contributed by atoms with Crippen LogP contribution < -0.4 is 5.32 Å². The van der Waals surface area contributed by atoms with Crippen LogP contribution in [0.4, 0.5) is 13.6 Å². The zero-order chi connectivity index (χ0) is 28.9. The molecule has 0 aromatic heterocycles. The van der Waals surface area contributed by atoms with E-state index in [0.717, 1.165) is 17.2 Å². The Bertz CT molecular complexity index is 1390. The summed E-state index contributed by atoms with van der Waals surface area (Å²) in [6.07, 6.45) is 1.43. The molecule has 2 N–H and O–H groups in total. The summed E-state index contributed by atoms with van der Waals surface area (Å²) in [6.45, 7) is 5.26. The highest BCUT2D eigenvalue weighted by atomic mass is 19.1. The van der Waals surface area contributed by atoms with Gasteiger partial charge in [-0.05, 0) is 35.7 Å². The Labute approximate surface area is 238 Å². The summed E-state index contributed by atoms with van der Waals surface area (Å²) >= 11 is 0. The minimum Gasteiger partial charge on any atom is -0.508 e. The van der Waals surface area contributed by atoms with Gasteiger partial charge in [-0.2, -0.15) is 0 Å². The first-order valence-electron chi connectivity index (χ1n) is 13.5. The van der Waals surface area contributed by atoms with Crippen LogP contribution >= 0.6 is 0 Å². The number of phenolic OH excluding ortho intramolecular Hbond substituents is 1. The van der Waals surface area contributed by atoms with Crippen molar-refractivity contribution >= 4 is 11.9 Å². The number of hydrazine groups is 1. The van der Waals surface area contributed by atoms with E-state index in [0.29, 0.717) is 25.1 Å². The Morgan fingerprint density at radius 2 is 1.78 bits per heavy atom. The van der Waals surface area contributed by atoms with Crippen LogP contribution in [0.1, 0.15) is 16.7 Å². The van der Waals surface area contributed by atoms with E-state index in [1.165, 1.54) is 12.1 Å². The number of urea groups is 1. The lowest BCUT2D eigenvalue weighted by atomic mass is 9.99. The minimum absolute atomic E-state index is 0.0000545. The highest BCUT2D eigenvalue weighted by molar-refractivity contribution is 5.83. The molecular weight excluding hydrogens is 528 g/mol. The molecule has 2 fully saturated rings. The topological polar surface area (TPSA) is 79.4 Å². The largest absolute Gasteiger partial charge is 0.508 e. The maximum atomic E-state index is 14.7. The number of carbonyl (C=O) groups excluding carboxylic acids is 2. The number of rotatable bonds is 8. The van der Waals surface area contributed by atoms with Crippen LogP contribution in [0.2, 0.25) is 0 Å². The van der Waals surface area contributed by atoms with Gasteiger partial charge in [0.2, 0.25) is 5.91 Å². The molecule has 0 radical (unpaired) electrons. The van der Waals surface area contributed by atoms with Crippen LogP contribution in [0.5, 0.6) is 5.75 Å². The summed E-state index contributed by atoms with van der Waals surface area (Å²) < 4.78 is 28.3. The molecule has 0 saturated carbocycles. The molecule has 10 heteroatoms. The van der Waals surface area contributed by atoms with E-state index in [-0.39, 0.29) is 49.9 Å². The number of benzene rings is 3. The van der Waals surface area contributed by atoms with E-state index in [1.54, 1.807) is 45.3 Å². The fourth-order valence-corrected chi connectivity index (χ4v) is 5.60. The first-order chi connectivity index (χ1) is 19.8. The van der Waals surface area contributed by atoms with Gasteiger partial charge >= 0.3 is 6.03 Å². The molecule has 2 heterocycles. The third-order valence-corrected chi connectivity index (χ3v) is 7.45. The number of phenols is 1. The van der Waals surface area contributed by atoms with E-state index < -0.39 is 17.8 Å². The Kier molecular flexibility index (Phi) is 8.61. The lowest BCUT2D eigenvalue weighted by Crippen LogP contribution is -2.75. The Morgan fingerprint density at radius 3 is 2.49 bits per heavy atom. The van der Waals surface area contributed by atoms with E-state index in [2.05, 4.69) is 11.9 Å². The quantitative estimate of drug-likeness (QED) is 0.408. The standard InChI is InChI=1S/C31H33F2N5O3/c1-2-14-36-21-30(40)37-26(15-22-8-12-27(39)13-9-22)19-35(18-24-10-11-25(32)16-28(24)33)20-29(37)38(36)31(41)34-17-23-6-4-3-5-7-23/h2-13,16,26,29,39H,1,14-15,17-21H2,(H,34,41)/t26-,29-/m0/s1. The van der Waals surface area contributed by atoms with Crippen molar-refractivity contribution < 1.29 is 23.5 Å². The predicted octanol–water partition coefficient (Wildman–Crippen LogP) is 3.88. The smallest absolute Gasteiger partial charge is 0.334 e. The van der Waals surface area contributed by atoms with Gasteiger partial charge in [0.15, 0.2) is 0 Å². The Hall–Kier alpha value is -4.28. The molecule has 0 unspecified atom stereocenters. The Balaban J connectivity index is 1.46.